The summed E-state index contributed by atoms with van der Waals surface area (Å²) < 4.78 is 12.5. The quantitative estimate of drug-likeness (QED) is 0.666. The molecule has 3 aromatic rings. The number of aryl methyl sites for hydroxylation is 2. The molecule has 9 heteroatoms. The van der Waals surface area contributed by atoms with Gasteiger partial charge in [0.05, 0.1) is 14.2 Å². The van der Waals surface area contributed by atoms with E-state index in [-0.39, 0.29) is 5.91 Å². The van der Waals surface area contributed by atoms with Crippen LogP contribution in [0, 0.1) is 6.92 Å². The summed E-state index contributed by atoms with van der Waals surface area (Å²) in [5.41, 5.74) is 2.32. The van der Waals surface area contributed by atoms with Crippen LogP contribution >= 0.6 is 11.3 Å². The van der Waals surface area contributed by atoms with Crippen molar-refractivity contribution in [2.75, 3.05) is 20.8 Å². The number of benzene rings is 1. The molecule has 1 aromatic carbocycles. The Morgan fingerprint density at radius 1 is 1.19 bits per heavy atom. The second-order valence-corrected chi connectivity index (χ2v) is 7.52. The van der Waals surface area contributed by atoms with Crippen molar-refractivity contribution in [2.45, 2.75) is 32.7 Å². The number of methoxy groups -OCH3 is 2. The van der Waals surface area contributed by atoms with Gasteiger partial charge in [-0.25, -0.2) is 0 Å². The van der Waals surface area contributed by atoms with Gasteiger partial charge in [0.2, 0.25) is 10.9 Å². The van der Waals surface area contributed by atoms with E-state index in [4.69, 9.17) is 9.47 Å². The molecule has 0 fully saturated rings. The van der Waals surface area contributed by atoms with Crippen molar-refractivity contribution in [3.8, 4) is 11.5 Å². The lowest BCUT2D eigenvalue weighted by Crippen LogP contribution is -2.36. The fourth-order valence-electron chi connectivity index (χ4n) is 3.32. The predicted octanol–water partition coefficient (Wildman–Crippen LogP) is 2.03. The van der Waals surface area contributed by atoms with Gasteiger partial charge in [0.15, 0.2) is 17.3 Å². The van der Waals surface area contributed by atoms with E-state index in [2.05, 4.69) is 15.3 Å². The van der Waals surface area contributed by atoms with Gasteiger partial charge in [-0.05, 0) is 36.6 Å². The monoisotopic (exact) mass is 387 g/mol. The highest BCUT2D eigenvalue weighted by molar-refractivity contribution is 7.16. The van der Waals surface area contributed by atoms with Crippen LogP contribution in [0.3, 0.4) is 0 Å². The summed E-state index contributed by atoms with van der Waals surface area (Å²) in [6, 6.07) is 3.98. The molecule has 27 heavy (non-hydrogen) atoms. The molecule has 142 valence electrons. The molecule has 1 amide bonds. The molecular weight excluding hydrogens is 366 g/mol. The number of nitrogens with zero attached hydrogens (tertiary/aromatic N) is 5. The first-order valence-corrected chi connectivity index (χ1v) is 9.60. The van der Waals surface area contributed by atoms with Gasteiger partial charge in [-0.15, -0.1) is 10.2 Å². The molecule has 4 rings (SSSR count). The summed E-state index contributed by atoms with van der Waals surface area (Å²) in [4.78, 5) is 15.4. The molecule has 0 bridgehead atoms. The van der Waals surface area contributed by atoms with E-state index >= 15 is 0 Å². The molecule has 3 heterocycles. The first-order chi connectivity index (χ1) is 13.1. The van der Waals surface area contributed by atoms with Gasteiger partial charge < -0.3 is 14.4 Å². The van der Waals surface area contributed by atoms with Gasteiger partial charge >= 0.3 is 0 Å². The van der Waals surface area contributed by atoms with Gasteiger partial charge in [-0.3, -0.25) is 4.79 Å². The van der Waals surface area contributed by atoms with E-state index in [1.54, 1.807) is 18.7 Å². The number of fused-ring (bicyclic) bond motifs is 2. The van der Waals surface area contributed by atoms with E-state index in [0.717, 1.165) is 33.5 Å². The van der Waals surface area contributed by atoms with E-state index in [1.807, 2.05) is 24.0 Å². The number of amides is 1. The number of hydrogen-bond donors (Lipinski definition) is 0. The van der Waals surface area contributed by atoms with Crippen molar-refractivity contribution in [1.29, 1.82) is 0 Å². The van der Waals surface area contributed by atoms with Crippen LogP contribution in [-0.4, -0.2) is 51.4 Å². The van der Waals surface area contributed by atoms with E-state index < -0.39 is 0 Å². The third kappa shape index (κ3) is 3.34. The molecule has 0 unspecified atom stereocenters. The first kappa shape index (κ1) is 17.7. The highest BCUT2D eigenvalue weighted by atomic mass is 32.1. The summed E-state index contributed by atoms with van der Waals surface area (Å²) in [5.74, 6) is 2.32. The summed E-state index contributed by atoms with van der Waals surface area (Å²) in [5, 5.41) is 13.4. The Labute approximate surface area is 160 Å². The van der Waals surface area contributed by atoms with Crippen LogP contribution < -0.4 is 9.47 Å². The van der Waals surface area contributed by atoms with Crippen molar-refractivity contribution in [3.05, 3.63) is 34.1 Å². The zero-order valence-electron chi connectivity index (χ0n) is 15.6. The molecule has 0 N–H and O–H groups in total. The van der Waals surface area contributed by atoms with Crippen molar-refractivity contribution in [1.82, 2.24) is 24.7 Å². The van der Waals surface area contributed by atoms with E-state index in [1.165, 1.54) is 16.9 Å². The van der Waals surface area contributed by atoms with E-state index in [0.29, 0.717) is 31.7 Å². The van der Waals surface area contributed by atoms with Gasteiger partial charge in [0.25, 0.3) is 0 Å². The summed E-state index contributed by atoms with van der Waals surface area (Å²) in [6.45, 7) is 3.17. The third-order valence-electron chi connectivity index (χ3n) is 4.81. The summed E-state index contributed by atoms with van der Waals surface area (Å²) in [6.07, 6.45) is 1.87. The smallest absolute Gasteiger partial charge is 0.234 e. The molecule has 0 saturated heterocycles. The molecule has 1 aliphatic rings. The van der Waals surface area contributed by atoms with Crippen molar-refractivity contribution >= 4 is 22.2 Å². The Morgan fingerprint density at radius 3 is 2.63 bits per heavy atom. The Balaban J connectivity index is 1.42. The molecule has 2 aromatic heterocycles. The summed E-state index contributed by atoms with van der Waals surface area (Å²) in [7, 11) is 3.26. The molecule has 0 atom stereocenters. The first-order valence-electron chi connectivity index (χ1n) is 8.78. The third-order valence-corrected chi connectivity index (χ3v) is 5.77. The van der Waals surface area contributed by atoms with Crippen LogP contribution in [0.2, 0.25) is 0 Å². The number of rotatable bonds is 5. The van der Waals surface area contributed by atoms with Crippen LogP contribution in [0.1, 0.15) is 28.4 Å². The van der Waals surface area contributed by atoms with Crippen molar-refractivity contribution < 1.29 is 14.3 Å². The fraction of sp³-hybridized carbons (Fsp3) is 0.444. The van der Waals surface area contributed by atoms with Crippen molar-refractivity contribution in [3.63, 3.8) is 0 Å². The molecule has 0 saturated carbocycles. The topological polar surface area (TPSA) is 81.9 Å². The maximum atomic E-state index is 12.7. The Hall–Kier alpha value is -2.68. The zero-order valence-corrected chi connectivity index (χ0v) is 16.4. The minimum Gasteiger partial charge on any atom is -0.493 e. The lowest BCUT2D eigenvalue weighted by Gasteiger charge is -2.29. The van der Waals surface area contributed by atoms with E-state index in [9.17, 15) is 4.79 Å². The van der Waals surface area contributed by atoms with Gasteiger partial charge in [-0.2, -0.15) is 9.61 Å². The molecule has 0 radical (unpaired) electrons. The number of carbonyl (C=O) groups excluding carboxylic acids is 1. The number of hydrogen-bond acceptors (Lipinski definition) is 7. The largest absolute Gasteiger partial charge is 0.493 e. The average molecular weight is 387 g/mol. The molecule has 0 aliphatic carbocycles. The van der Waals surface area contributed by atoms with Crippen LogP contribution in [0.25, 0.3) is 4.96 Å². The van der Waals surface area contributed by atoms with Gasteiger partial charge in [0, 0.05) is 25.9 Å². The molecular formula is C18H21N5O3S. The predicted molar refractivity (Wildman–Crippen MR) is 100 cm³/mol. The van der Waals surface area contributed by atoms with Crippen LogP contribution in [0.15, 0.2) is 12.1 Å². The number of aromatic nitrogens is 4. The molecule has 0 spiro atoms. The normalized spacial score (nSPS) is 13.7. The van der Waals surface area contributed by atoms with Crippen LogP contribution in [-0.2, 0) is 24.2 Å². The second-order valence-electron chi connectivity index (χ2n) is 6.48. The van der Waals surface area contributed by atoms with Crippen LogP contribution in [0.5, 0.6) is 11.5 Å². The van der Waals surface area contributed by atoms with Gasteiger partial charge in [0.1, 0.15) is 5.01 Å². The lowest BCUT2D eigenvalue weighted by molar-refractivity contribution is -0.132. The summed E-state index contributed by atoms with van der Waals surface area (Å²) >= 11 is 1.48. The Morgan fingerprint density at radius 2 is 1.93 bits per heavy atom. The van der Waals surface area contributed by atoms with Gasteiger partial charge in [-0.1, -0.05) is 11.3 Å². The minimum absolute atomic E-state index is 0.137. The maximum absolute atomic E-state index is 12.7. The lowest BCUT2D eigenvalue weighted by atomic mass is 9.98. The second kappa shape index (κ2) is 7.15. The highest BCUT2D eigenvalue weighted by Crippen LogP contribution is 2.33. The average Bonchev–Trinajstić information content (AvgIpc) is 3.26. The van der Waals surface area contributed by atoms with Crippen molar-refractivity contribution in [2.24, 2.45) is 0 Å². The standard InChI is InChI=1S/C18H21N5O3S/c1-11-19-20-18-23(11)21-16(27-18)4-5-17(24)22-7-6-12-8-14(25-2)15(26-3)9-13(12)10-22/h8-9H,4-7,10H2,1-3H3. The highest BCUT2D eigenvalue weighted by Gasteiger charge is 2.23. The number of carbonyl (C=O) groups is 1. The Bertz CT molecular complexity index is 996. The Kier molecular flexibility index (Phi) is 4.69. The fourth-order valence-corrected chi connectivity index (χ4v) is 4.20. The number of ether oxygens (including phenoxy) is 2. The molecule has 8 nitrogen and oxygen atoms in total. The zero-order chi connectivity index (χ0) is 19.0. The molecule has 1 aliphatic heterocycles. The van der Waals surface area contributed by atoms with Crippen LogP contribution in [0.4, 0.5) is 0 Å². The SMILES string of the molecule is COc1cc2c(cc1OC)CN(C(=O)CCc1nn3c(C)nnc3s1)CC2. The maximum Gasteiger partial charge on any atom is 0.234 e. The minimum atomic E-state index is 0.137.